The lowest BCUT2D eigenvalue weighted by Crippen LogP contribution is -2.29. The number of hydrogen-bond acceptors (Lipinski definition) is 5. The SMILES string of the molecule is CCC(C)n1cc(C)c2c(C(=O)NCc3c(OC)nn(C)c3C)cc(-c3ccc(N4CCCCC4)nc3)cc21. The summed E-state index contributed by atoms with van der Waals surface area (Å²) >= 11 is 0. The fraction of sp³-hybridized carbons (Fsp3) is 0.452. The average molecular weight is 529 g/mol. The second kappa shape index (κ2) is 11.1. The maximum atomic E-state index is 13.8. The highest BCUT2D eigenvalue weighted by molar-refractivity contribution is 6.09. The maximum Gasteiger partial charge on any atom is 0.252 e. The minimum absolute atomic E-state index is 0.116. The molecule has 1 aliphatic rings. The van der Waals surface area contributed by atoms with E-state index in [0.29, 0.717) is 24.0 Å². The Hall–Kier alpha value is -3.81. The van der Waals surface area contributed by atoms with Gasteiger partial charge in [0.1, 0.15) is 5.82 Å². The molecule has 0 bridgehead atoms. The largest absolute Gasteiger partial charge is 0.480 e. The molecule has 4 heterocycles. The molecule has 4 aromatic rings. The van der Waals surface area contributed by atoms with Gasteiger partial charge in [0, 0.05) is 66.3 Å². The van der Waals surface area contributed by atoms with E-state index < -0.39 is 0 Å². The fourth-order valence-electron chi connectivity index (χ4n) is 5.61. The quantitative estimate of drug-likeness (QED) is 0.306. The number of fused-ring (bicyclic) bond motifs is 1. The predicted octanol–water partition coefficient (Wildman–Crippen LogP) is 5.95. The number of aromatic nitrogens is 4. The van der Waals surface area contributed by atoms with Gasteiger partial charge in [-0.15, -0.1) is 5.10 Å². The standard InChI is InChI=1S/C31H40N6O2/c1-7-21(3)37-19-20(2)29-25(30(38)33-18-26-22(4)35(5)34-31(26)39-6)15-24(16-27(29)37)23-11-12-28(32-17-23)36-13-9-8-10-14-36/h11-12,15-17,19,21H,7-10,13-14,18H2,1-6H3,(H,33,38). The fourth-order valence-corrected chi connectivity index (χ4v) is 5.61. The van der Waals surface area contributed by atoms with Gasteiger partial charge in [-0.25, -0.2) is 4.98 Å². The first-order valence-electron chi connectivity index (χ1n) is 14.0. The lowest BCUT2D eigenvalue weighted by molar-refractivity contribution is 0.0952. The number of anilines is 1. The predicted molar refractivity (Wildman–Crippen MR) is 157 cm³/mol. The molecule has 5 rings (SSSR count). The van der Waals surface area contributed by atoms with Crippen LogP contribution in [0.3, 0.4) is 0 Å². The first-order valence-corrected chi connectivity index (χ1v) is 14.0. The molecule has 206 valence electrons. The molecule has 1 unspecified atom stereocenters. The second-order valence-corrected chi connectivity index (χ2v) is 10.7. The van der Waals surface area contributed by atoms with E-state index >= 15 is 0 Å². The Morgan fingerprint density at radius 2 is 1.90 bits per heavy atom. The van der Waals surface area contributed by atoms with Crippen LogP contribution in [-0.4, -0.2) is 45.4 Å². The van der Waals surface area contributed by atoms with Gasteiger partial charge in [0.15, 0.2) is 0 Å². The number of pyridine rings is 1. The van der Waals surface area contributed by atoms with Crippen LogP contribution in [-0.2, 0) is 13.6 Å². The Labute approximate surface area is 231 Å². The smallest absolute Gasteiger partial charge is 0.252 e. The van der Waals surface area contributed by atoms with E-state index in [1.54, 1.807) is 11.8 Å². The highest BCUT2D eigenvalue weighted by Gasteiger charge is 2.21. The molecule has 1 amide bonds. The van der Waals surface area contributed by atoms with Crippen molar-refractivity contribution in [2.24, 2.45) is 7.05 Å². The summed E-state index contributed by atoms with van der Waals surface area (Å²) in [5, 5.41) is 8.53. The summed E-state index contributed by atoms with van der Waals surface area (Å²) in [5.74, 6) is 1.44. The molecule has 0 aliphatic carbocycles. The first kappa shape index (κ1) is 26.8. The molecule has 3 aromatic heterocycles. The van der Waals surface area contributed by atoms with Crippen molar-refractivity contribution in [2.45, 2.75) is 66.0 Å². The Bertz CT molecular complexity index is 1480. The molecule has 1 aliphatic heterocycles. The first-order chi connectivity index (χ1) is 18.8. The highest BCUT2D eigenvalue weighted by atomic mass is 16.5. The maximum absolute atomic E-state index is 13.8. The molecule has 1 saturated heterocycles. The van der Waals surface area contributed by atoms with E-state index in [2.05, 4.69) is 65.0 Å². The van der Waals surface area contributed by atoms with Gasteiger partial charge in [0.05, 0.1) is 19.2 Å². The summed E-state index contributed by atoms with van der Waals surface area (Å²) in [5.41, 5.74) is 6.67. The van der Waals surface area contributed by atoms with Crippen LogP contribution >= 0.6 is 0 Å². The van der Waals surface area contributed by atoms with Crippen LogP contribution in [0.15, 0.2) is 36.7 Å². The van der Waals surface area contributed by atoms with Crippen LogP contribution in [0.25, 0.3) is 22.0 Å². The number of benzene rings is 1. The minimum atomic E-state index is -0.116. The van der Waals surface area contributed by atoms with E-state index in [1.165, 1.54) is 19.3 Å². The molecule has 1 N–H and O–H groups in total. The Balaban J connectivity index is 1.54. The van der Waals surface area contributed by atoms with Gasteiger partial charge in [0.25, 0.3) is 5.91 Å². The topological polar surface area (TPSA) is 77.2 Å². The lowest BCUT2D eigenvalue weighted by Gasteiger charge is -2.27. The van der Waals surface area contributed by atoms with Crippen molar-refractivity contribution >= 4 is 22.6 Å². The summed E-state index contributed by atoms with van der Waals surface area (Å²) in [6, 6.07) is 8.77. The zero-order valence-electron chi connectivity index (χ0n) is 24.0. The number of aryl methyl sites for hydroxylation is 2. The number of methoxy groups -OCH3 is 1. The summed E-state index contributed by atoms with van der Waals surface area (Å²) in [6.45, 7) is 10.9. The third-order valence-corrected chi connectivity index (χ3v) is 8.23. The van der Waals surface area contributed by atoms with Gasteiger partial charge < -0.3 is 19.5 Å². The van der Waals surface area contributed by atoms with E-state index in [9.17, 15) is 4.79 Å². The van der Waals surface area contributed by atoms with Gasteiger partial charge in [0.2, 0.25) is 5.88 Å². The van der Waals surface area contributed by atoms with Crippen molar-refractivity contribution in [2.75, 3.05) is 25.1 Å². The van der Waals surface area contributed by atoms with Crippen LogP contribution in [0.5, 0.6) is 5.88 Å². The highest BCUT2D eigenvalue weighted by Crippen LogP contribution is 2.34. The van der Waals surface area contributed by atoms with E-state index in [4.69, 9.17) is 9.72 Å². The van der Waals surface area contributed by atoms with Gasteiger partial charge in [-0.05, 0) is 81.8 Å². The monoisotopic (exact) mass is 528 g/mol. The second-order valence-electron chi connectivity index (χ2n) is 10.7. The summed E-state index contributed by atoms with van der Waals surface area (Å²) in [7, 11) is 3.48. The van der Waals surface area contributed by atoms with E-state index in [-0.39, 0.29) is 5.91 Å². The molecule has 0 radical (unpaired) electrons. The zero-order chi connectivity index (χ0) is 27.7. The van der Waals surface area contributed by atoms with Crippen LogP contribution < -0.4 is 15.0 Å². The molecule has 8 heteroatoms. The van der Waals surface area contributed by atoms with Crippen LogP contribution in [0, 0.1) is 13.8 Å². The van der Waals surface area contributed by atoms with Gasteiger partial charge >= 0.3 is 0 Å². The third-order valence-electron chi connectivity index (χ3n) is 8.23. The number of nitrogens with zero attached hydrogens (tertiary/aromatic N) is 5. The van der Waals surface area contributed by atoms with Crippen molar-refractivity contribution in [3.63, 3.8) is 0 Å². The number of hydrogen-bond donors (Lipinski definition) is 1. The summed E-state index contributed by atoms with van der Waals surface area (Å²) in [6.07, 6.45) is 8.85. The van der Waals surface area contributed by atoms with Crippen LogP contribution in [0.4, 0.5) is 5.82 Å². The van der Waals surface area contributed by atoms with Crippen molar-refractivity contribution in [1.29, 1.82) is 0 Å². The van der Waals surface area contributed by atoms with Gasteiger partial charge in [-0.3, -0.25) is 9.48 Å². The van der Waals surface area contributed by atoms with Crippen molar-refractivity contribution in [3.8, 4) is 17.0 Å². The third kappa shape index (κ3) is 5.12. The Morgan fingerprint density at radius 3 is 2.56 bits per heavy atom. The van der Waals surface area contributed by atoms with E-state index in [0.717, 1.165) is 64.2 Å². The van der Waals surface area contributed by atoms with E-state index in [1.807, 2.05) is 26.2 Å². The van der Waals surface area contributed by atoms with Crippen molar-refractivity contribution < 1.29 is 9.53 Å². The molecular weight excluding hydrogens is 488 g/mol. The average Bonchev–Trinajstić information content (AvgIpc) is 3.46. The molecule has 1 atom stereocenters. The van der Waals surface area contributed by atoms with Crippen LogP contribution in [0.1, 0.15) is 72.8 Å². The molecule has 1 fully saturated rings. The van der Waals surface area contributed by atoms with Crippen molar-refractivity contribution in [1.82, 2.24) is 24.6 Å². The molecule has 1 aromatic carbocycles. The Morgan fingerprint density at radius 1 is 1.13 bits per heavy atom. The molecule has 8 nitrogen and oxygen atoms in total. The van der Waals surface area contributed by atoms with Gasteiger partial charge in [-0.1, -0.05) is 6.92 Å². The van der Waals surface area contributed by atoms with Gasteiger partial charge in [-0.2, -0.15) is 0 Å². The number of amides is 1. The zero-order valence-corrected chi connectivity index (χ0v) is 24.0. The summed E-state index contributed by atoms with van der Waals surface area (Å²) in [4.78, 5) is 21.0. The number of carbonyl (C=O) groups is 1. The number of rotatable bonds is 8. The molecule has 0 saturated carbocycles. The minimum Gasteiger partial charge on any atom is -0.480 e. The normalized spacial score (nSPS) is 14.6. The number of piperidine rings is 1. The molecule has 39 heavy (non-hydrogen) atoms. The number of carbonyl (C=O) groups excluding carboxylic acids is 1. The van der Waals surface area contributed by atoms with Crippen LogP contribution in [0.2, 0.25) is 0 Å². The number of ether oxygens (including phenoxy) is 1. The Kier molecular flexibility index (Phi) is 7.64. The molecule has 0 spiro atoms. The molecular formula is C31H40N6O2. The number of nitrogens with one attached hydrogen (secondary N) is 1. The summed E-state index contributed by atoms with van der Waals surface area (Å²) < 4.78 is 9.52. The van der Waals surface area contributed by atoms with Crippen molar-refractivity contribution in [3.05, 3.63) is 59.0 Å². The lowest BCUT2D eigenvalue weighted by atomic mass is 9.98.